The molecule has 0 amide bonds. The van der Waals surface area contributed by atoms with Crippen LogP contribution in [0.5, 0.6) is 46.0 Å². The number of likely N-dealkylation sites (N-methyl/N-ethyl adjacent to an activating group) is 2. The van der Waals surface area contributed by atoms with Gasteiger partial charge < -0.3 is 111 Å². The number of phenolic OH excluding ortho intramolecular Hbond substituents is 8. The zero-order valence-corrected chi connectivity index (χ0v) is 43.8. The van der Waals surface area contributed by atoms with Crippen molar-refractivity contribution in [2.24, 2.45) is 33.7 Å². The first-order valence-corrected chi connectivity index (χ1v) is 25.9. The average molecular weight is 1090 g/mol. The molecule has 16 atom stereocenters. The van der Waals surface area contributed by atoms with Crippen molar-refractivity contribution in [3.63, 3.8) is 0 Å². The second kappa shape index (κ2) is 17.1. The number of aliphatic hydroxyl groups is 4. The number of benzene rings is 4. The second-order valence-electron chi connectivity index (χ2n) is 22.4. The van der Waals surface area contributed by atoms with E-state index in [1.165, 1.54) is 0 Å². The van der Waals surface area contributed by atoms with Gasteiger partial charge in [-0.25, -0.2) is 0 Å². The van der Waals surface area contributed by atoms with E-state index in [9.17, 15) is 61.3 Å². The molecule has 8 aliphatic rings. The average Bonchev–Trinajstić information content (AvgIpc) is 1.58. The smallest absolute Gasteiger partial charge is 0.200 e. The molecule has 0 aromatic heterocycles. The number of hydrogen-bond donors (Lipinski definition) is 14. The van der Waals surface area contributed by atoms with Gasteiger partial charge in [0.25, 0.3) is 0 Å². The maximum Gasteiger partial charge on any atom is 0.200 e. The van der Waals surface area contributed by atoms with Crippen LogP contribution in [0.2, 0.25) is 0 Å². The number of fused-ring (bicyclic) bond motifs is 8. The molecule has 12 rings (SSSR count). The quantitative estimate of drug-likeness (QED) is 0.0680. The van der Waals surface area contributed by atoms with Crippen LogP contribution in [0.1, 0.15) is 75.6 Å². The highest BCUT2D eigenvalue weighted by Crippen LogP contribution is 2.78. The Labute approximate surface area is 445 Å². The third-order valence-electron chi connectivity index (χ3n) is 18.3. The fraction of sp³-hybridized carbons (Fsp3) is 0.519. The molecule has 0 radical (unpaired) electrons. The number of ether oxygens (including phenoxy) is 6. The van der Waals surface area contributed by atoms with Crippen LogP contribution in [0.15, 0.2) is 45.6 Å². The molecule has 24 heteroatoms. The van der Waals surface area contributed by atoms with Gasteiger partial charge in [0.05, 0.1) is 81.0 Å². The summed E-state index contributed by atoms with van der Waals surface area (Å²) in [5.74, 6) is -1.52. The number of nitrogens with zero attached hydrogens (tertiary/aromatic N) is 4. The fourth-order valence-electron chi connectivity index (χ4n) is 15.6. The molecule has 4 aliphatic heterocycles. The number of aromatic hydroxyl groups is 8. The Hall–Kier alpha value is -6.26. The Bertz CT molecular complexity index is 3180. The number of nitrogens with two attached hydrogens (primary N) is 2. The topological polar surface area (TPSA) is 381 Å². The van der Waals surface area contributed by atoms with E-state index in [1.807, 2.05) is 0 Å². The highest BCUT2D eigenvalue weighted by Gasteiger charge is 2.87. The maximum atomic E-state index is 14.4. The highest BCUT2D eigenvalue weighted by molar-refractivity contribution is 6.32. The summed E-state index contributed by atoms with van der Waals surface area (Å²) in [7, 11) is 7.12. The molecule has 4 saturated heterocycles. The Kier molecular flexibility index (Phi) is 11.5. The van der Waals surface area contributed by atoms with E-state index in [-0.39, 0.29) is 81.7 Å². The number of aliphatic hydroxyl groups excluding tert-OH is 2. The predicted octanol–water partition coefficient (Wildman–Crippen LogP) is 1.82. The Morgan fingerprint density at radius 3 is 1.13 bits per heavy atom. The van der Waals surface area contributed by atoms with Gasteiger partial charge in [-0.05, 0) is 79.1 Å². The molecule has 24 nitrogen and oxygen atoms in total. The third kappa shape index (κ3) is 6.24. The van der Waals surface area contributed by atoms with Gasteiger partial charge in [0.1, 0.15) is 80.8 Å². The Balaban J connectivity index is 1.18. The van der Waals surface area contributed by atoms with Crippen LogP contribution in [0, 0.1) is 11.8 Å². The first-order chi connectivity index (χ1) is 36.8. The lowest BCUT2D eigenvalue weighted by Crippen LogP contribution is -2.64. The minimum Gasteiger partial charge on any atom is -0.507 e. The minimum atomic E-state index is -2.85. The minimum absolute atomic E-state index is 0.153. The number of rotatable bonds is 8. The van der Waals surface area contributed by atoms with Crippen molar-refractivity contribution in [3.8, 4) is 46.0 Å². The van der Waals surface area contributed by atoms with Crippen molar-refractivity contribution in [1.29, 1.82) is 0 Å². The van der Waals surface area contributed by atoms with Gasteiger partial charge in [0, 0.05) is 46.3 Å². The van der Waals surface area contributed by atoms with Gasteiger partial charge in [-0.3, -0.25) is 0 Å². The molecule has 4 heterocycles. The molecule has 0 unspecified atom stereocenters. The number of hydrazone groups is 2. The first-order valence-electron chi connectivity index (χ1n) is 25.9. The van der Waals surface area contributed by atoms with Gasteiger partial charge in [0.15, 0.2) is 12.6 Å². The summed E-state index contributed by atoms with van der Waals surface area (Å²) in [5.41, 5.74) is -7.25. The highest BCUT2D eigenvalue weighted by atomic mass is 16.7. The second-order valence-corrected chi connectivity index (χ2v) is 22.4. The normalized spacial score (nSPS) is 38.5. The summed E-state index contributed by atoms with van der Waals surface area (Å²) >= 11 is 0. The number of phenols is 8. The fourth-order valence-corrected chi connectivity index (χ4v) is 15.6. The van der Waals surface area contributed by atoms with Crippen molar-refractivity contribution >= 4 is 44.1 Å². The van der Waals surface area contributed by atoms with E-state index in [0.717, 1.165) is 24.3 Å². The molecular formula is C54H64N6O18. The van der Waals surface area contributed by atoms with E-state index in [1.54, 1.807) is 65.7 Å². The molecular weight excluding hydrogens is 1020 g/mol. The molecule has 0 saturated carbocycles. The van der Waals surface area contributed by atoms with Crippen molar-refractivity contribution in [1.82, 2.24) is 9.80 Å². The van der Waals surface area contributed by atoms with Gasteiger partial charge in [-0.15, -0.1) is 0 Å². The lowest BCUT2D eigenvalue weighted by molar-refractivity contribution is -0.335. The standard InChI is InChI=1S/C54H64N6O18/c1-9-51-47-48-52(10-2,50(76-26-16-24(66)42(60(7)8)18(4)74-26)36-38(54(48,72)77-51)32-34(40(36)58-56)46(70)30-22(64)14-12-20(62)28(30)44(32)68)78-53(47,71)37-31-33(45(69)29-21(63)13-11-19(61)27(29)43(31)67)39(57-55)35(37)49(51)75-25-15-23(65)41(59(5)6)17(3)73-25/h11-14,17-18,23-26,41-42,47-50,61-72H,9-10,15-16,55-56H2,1-8H3/t17-,18+,23-,24+,25+,26-,41-,42+,47-,48-,49-,50-,51+,52+,53+,54+/m1/s1. The zero-order valence-electron chi connectivity index (χ0n) is 43.8. The van der Waals surface area contributed by atoms with E-state index < -0.39 is 163 Å². The van der Waals surface area contributed by atoms with E-state index >= 15 is 0 Å². The van der Waals surface area contributed by atoms with Crippen molar-refractivity contribution in [2.45, 2.75) is 137 Å². The zero-order chi connectivity index (χ0) is 56.1. The predicted molar refractivity (Wildman–Crippen MR) is 276 cm³/mol. The lowest BCUT2D eigenvalue weighted by atomic mass is 9.57. The molecule has 4 fully saturated rings. The summed E-state index contributed by atoms with van der Waals surface area (Å²) in [4.78, 5) is 3.60. The summed E-state index contributed by atoms with van der Waals surface area (Å²) in [5, 5.41) is 154. The van der Waals surface area contributed by atoms with Crippen LogP contribution < -0.4 is 11.7 Å². The van der Waals surface area contributed by atoms with Crippen molar-refractivity contribution < 1.29 is 89.7 Å². The van der Waals surface area contributed by atoms with Crippen molar-refractivity contribution in [3.05, 3.63) is 57.7 Å². The summed E-state index contributed by atoms with van der Waals surface area (Å²) < 4.78 is 42.2. The van der Waals surface area contributed by atoms with Crippen LogP contribution in [0.3, 0.4) is 0 Å². The van der Waals surface area contributed by atoms with Crippen LogP contribution in [-0.4, -0.2) is 195 Å². The molecule has 78 heavy (non-hydrogen) atoms. The number of hydrogen-bond acceptors (Lipinski definition) is 24. The monoisotopic (exact) mass is 1080 g/mol. The summed E-state index contributed by atoms with van der Waals surface area (Å²) in [6.45, 7) is 6.83. The van der Waals surface area contributed by atoms with Crippen molar-refractivity contribution in [2.75, 3.05) is 28.2 Å². The molecule has 418 valence electrons. The van der Waals surface area contributed by atoms with Gasteiger partial charge in [-0.1, -0.05) is 13.8 Å². The SMILES string of the molecule is CC[C@@]12O[C@@]3(O)C4=C(C(=NN)c5c4c(O)c4c(O)ccc(O)c4c5O)[C@@H](O[C@H]4C[C@@H](O)[C@H](N(C)C)[C@@H](C)O4)[C@@]4(CC)O[C@@](O)(C5=C(C(=NN)c6c5c(O)c5c(O)ccc(O)c5c6O)[C@H]1O[C@@H]1C[C@H](O)[C@@H](N(C)C)[C@H](C)O1)[C@@H]2[C@H]43. The molecule has 4 aliphatic carbocycles. The van der Waals surface area contributed by atoms with E-state index in [4.69, 9.17) is 40.1 Å². The molecule has 0 bridgehead atoms. The lowest BCUT2D eigenvalue weighted by Gasteiger charge is -2.53. The molecule has 0 spiro atoms. The maximum absolute atomic E-state index is 14.4. The van der Waals surface area contributed by atoms with Crippen LogP contribution in [0.25, 0.3) is 32.7 Å². The van der Waals surface area contributed by atoms with Gasteiger partial charge >= 0.3 is 0 Å². The van der Waals surface area contributed by atoms with Crippen LogP contribution in [0.4, 0.5) is 0 Å². The first kappa shape index (κ1) is 52.4. The Morgan fingerprint density at radius 2 is 0.859 bits per heavy atom. The van der Waals surface area contributed by atoms with Gasteiger partial charge in [0.2, 0.25) is 11.6 Å². The Morgan fingerprint density at radius 1 is 0.551 bits per heavy atom. The summed E-state index contributed by atoms with van der Waals surface area (Å²) in [6.07, 6.45) is -10.1. The summed E-state index contributed by atoms with van der Waals surface area (Å²) in [6, 6.07) is 3.36. The van der Waals surface area contributed by atoms with Crippen LogP contribution >= 0.6 is 0 Å². The largest absolute Gasteiger partial charge is 0.507 e. The van der Waals surface area contributed by atoms with Crippen LogP contribution in [-0.2, 0) is 28.4 Å². The molecule has 4 aromatic rings. The third-order valence-corrected chi connectivity index (χ3v) is 18.3. The molecule has 4 aromatic carbocycles. The van der Waals surface area contributed by atoms with E-state index in [0.29, 0.717) is 0 Å². The van der Waals surface area contributed by atoms with E-state index in [2.05, 4.69) is 10.2 Å². The van der Waals surface area contributed by atoms with Gasteiger partial charge in [-0.2, -0.15) is 10.2 Å². The molecule has 16 N–H and O–H groups in total.